The molecule has 2 aliphatic rings. The average Bonchev–Trinajstić information content (AvgIpc) is 3.42. The summed E-state index contributed by atoms with van der Waals surface area (Å²) in [6, 6.07) is 7.57. The lowest BCUT2D eigenvalue weighted by Crippen LogP contribution is -2.36. The van der Waals surface area contributed by atoms with Crippen molar-refractivity contribution < 1.29 is 0 Å². The molecule has 4 heterocycles. The smallest absolute Gasteiger partial charge is 0.266 e. The Balaban J connectivity index is 1.34. The minimum absolute atomic E-state index is 0.0436. The first kappa shape index (κ1) is 17.7. The zero-order valence-electron chi connectivity index (χ0n) is 15.8. The minimum Gasteiger partial charge on any atom is -0.292 e. The number of nitrogens with zero attached hydrogens (tertiary/aromatic N) is 5. The Labute approximate surface area is 167 Å². The Morgan fingerprint density at radius 3 is 2.86 bits per heavy atom. The van der Waals surface area contributed by atoms with E-state index in [-0.39, 0.29) is 5.56 Å². The van der Waals surface area contributed by atoms with Crippen LogP contribution >= 0.6 is 11.3 Å². The van der Waals surface area contributed by atoms with Crippen molar-refractivity contribution in [3.63, 3.8) is 0 Å². The molecule has 1 unspecified atom stereocenters. The third-order valence-corrected chi connectivity index (χ3v) is 6.85. The van der Waals surface area contributed by atoms with Gasteiger partial charge in [-0.15, -0.1) is 11.3 Å². The van der Waals surface area contributed by atoms with E-state index < -0.39 is 0 Å². The second-order valence-electron chi connectivity index (χ2n) is 7.57. The van der Waals surface area contributed by atoms with Crippen LogP contribution in [0.15, 0.2) is 41.5 Å². The number of hydrogen-bond donors (Lipinski definition) is 0. The Kier molecular flexibility index (Phi) is 4.78. The van der Waals surface area contributed by atoms with Crippen molar-refractivity contribution in [2.24, 2.45) is 0 Å². The summed E-state index contributed by atoms with van der Waals surface area (Å²) >= 11 is 1.88. The third-order valence-electron chi connectivity index (χ3n) is 5.70. The summed E-state index contributed by atoms with van der Waals surface area (Å²) in [6.45, 7) is 2.58. The number of aryl methyl sites for hydroxylation is 2. The normalized spacial score (nSPS) is 19.2. The van der Waals surface area contributed by atoms with Gasteiger partial charge in [0.25, 0.3) is 5.56 Å². The molecule has 0 saturated carbocycles. The van der Waals surface area contributed by atoms with Gasteiger partial charge >= 0.3 is 0 Å². The van der Waals surface area contributed by atoms with Gasteiger partial charge in [-0.25, -0.2) is 9.67 Å². The van der Waals surface area contributed by atoms with Crippen molar-refractivity contribution in [3.05, 3.63) is 62.6 Å². The zero-order valence-corrected chi connectivity index (χ0v) is 16.6. The largest absolute Gasteiger partial charge is 0.292 e. The molecule has 0 N–H and O–H groups in total. The van der Waals surface area contributed by atoms with Crippen LogP contribution in [0.25, 0.3) is 11.3 Å². The van der Waals surface area contributed by atoms with Crippen LogP contribution < -0.4 is 5.56 Å². The lowest BCUT2D eigenvalue weighted by Gasteiger charge is -2.23. The van der Waals surface area contributed by atoms with E-state index in [9.17, 15) is 4.79 Å². The van der Waals surface area contributed by atoms with Gasteiger partial charge in [-0.3, -0.25) is 14.7 Å². The van der Waals surface area contributed by atoms with Crippen molar-refractivity contribution in [2.45, 2.75) is 51.2 Å². The van der Waals surface area contributed by atoms with Gasteiger partial charge in [0.15, 0.2) is 0 Å². The summed E-state index contributed by atoms with van der Waals surface area (Å²) in [6.07, 6.45) is 9.33. The van der Waals surface area contributed by atoms with Crippen LogP contribution in [0.2, 0.25) is 0 Å². The first-order valence-corrected chi connectivity index (χ1v) is 10.8. The van der Waals surface area contributed by atoms with E-state index in [1.54, 1.807) is 29.2 Å². The fourth-order valence-electron chi connectivity index (χ4n) is 4.25. The maximum absolute atomic E-state index is 12.4. The number of hydrogen-bond acceptors (Lipinski definition) is 6. The van der Waals surface area contributed by atoms with Crippen LogP contribution in [0, 0.1) is 0 Å². The van der Waals surface area contributed by atoms with Crippen LogP contribution in [-0.2, 0) is 25.9 Å². The Morgan fingerprint density at radius 1 is 1.11 bits per heavy atom. The van der Waals surface area contributed by atoms with E-state index in [0.717, 1.165) is 43.6 Å². The predicted molar refractivity (Wildman–Crippen MR) is 109 cm³/mol. The maximum Gasteiger partial charge on any atom is 0.266 e. The second-order valence-corrected chi connectivity index (χ2v) is 8.74. The average molecular weight is 394 g/mol. The van der Waals surface area contributed by atoms with Crippen molar-refractivity contribution in [1.29, 1.82) is 0 Å². The SMILES string of the molecule is O=c1ccc(-c2ccncc2)nn1CC1CCCN1Cc1nc2c(s1)CCC2. The Hall–Kier alpha value is -2.38. The number of thiazole rings is 1. The van der Waals surface area contributed by atoms with E-state index >= 15 is 0 Å². The summed E-state index contributed by atoms with van der Waals surface area (Å²) in [4.78, 5) is 25.3. The highest BCUT2D eigenvalue weighted by Gasteiger charge is 2.27. The van der Waals surface area contributed by atoms with E-state index in [4.69, 9.17) is 4.98 Å². The highest BCUT2D eigenvalue weighted by molar-refractivity contribution is 7.11. The summed E-state index contributed by atoms with van der Waals surface area (Å²) in [5, 5.41) is 5.85. The van der Waals surface area contributed by atoms with Gasteiger partial charge < -0.3 is 0 Å². The van der Waals surface area contributed by atoms with E-state index in [1.165, 1.54) is 28.4 Å². The van der Waals surface area contributed by atoms with E-state index in [0.29, 0.717) is 12.6 Å². The molecule has 144 valence electrons. The molecule has 28 heavy (non-hydrogen) atoms. The first-order valence-electron chi connectivity index (χ1n) is 9.96. The molecule has 1 fully saturated rings. The molecule has 3 aromatic heterocycles. The van der Waals surface area contributed by atoms with Gasteiger partial charge in [-0.2, -0.15) is 5.10 Å². The summed E-state index contributed by atoms with van der Waals surface area (Å²) in [5.41, 5.74) is 3.06. The molecule has 6 nitrogen and oxygen atoms in total. The second kappa shape index (κ2) is 7.56. The molecule has 1 atom stereocenters. The third kappa shape index (κ3) is 3.52. The van der Waals surface area contributed by atoms with Gasteiger partial charge in [-0.1, -0.05) is 0 Å². The number of likely N-dealkylation sites (tertiary alicyclic amines) is 1. The van der Waals surface area contributed by atoms with Crippen molar-refractivity contribution in [1.82, 2.24) is 24.6 Å². The van der Waals surface area contributed by atoms with Gasteiger partial charge in [0.05, 0.1) is 24.5 Å². The molecule has 0 amide bonds. The Morgan fingerprint density at radius 2 is 2.00 bits per heavy atom. The topological polar surface area (TPSA) is 63.9 Å². The van der Waals surface area contributed by atoms with Gasteiger partial charge in [0.2, 0.25) is 0 Å². The molecule has 5 rings (SSSR count). The van der Waals surface area contributed by atoms with Gasteiger partial charge in [0, 0.05) is 34.9 Å². The number of pyridine rings is 1. The quantitative estimate of drug-likeness (QED) is 0.667. The van der Waals surface area contributed by atoms with Crippen LogP contribution in [0.1, 0.15) is 34.8 Å². The molecule has 3 aromatic rings. The fourth-order valence-corrected chi connectivity index (χ4v) is 5.43. The summed E-state index contributed by atoms with van der Waals surface area (Å²) < 4.78 is 1.63. The van der Waals surface area contributed by atoms with Crippen LogP contribution in [0.3, 0.4) is 0 Å². The standard InChI is InChI=1S/C21H23N5OS/c27-21-7-6-17(15-8-10-22-11-9-15)24-26(21)13-16-3-2-12-25(16)14-20-23-18-4-1-5-19(18)28-20/h6-11,16H,1-5,12-14H2. The lowest BCUT2D eigenvalue weighted by atomic mass is 10.2. The van der Waals surface area contributed by atoms with Crippen molar-refractivity contribution in [3.8, 4) is 11.3 Å². The number of aromatic nitrogens is 4. The maximum atomic E-state index is 12.4. The molecule has 1 aliphatic carbocycles. The molecule has 0 bridgehead atoms. The Bertz CT molecular complexity index is 1010. The minimum atomic E-state index is -0.0436. The summed E-state index contributed by atoms with van der Waals surface area (Å²) in [7, 11) is 0. The number of rotatable bonds is 5. The van der Waals surface area contributed by atoms with Crippen molar-refractivity contribution in [2.75, 3.05) is 6.54 Å². The molecule has 0 spiro atoms. The first-order chi connectivity index (χ1) is 13.8. The van der Waals surface area contributed by atoms with E-state index in [1.807, 2.05) is 23.5 Å². The van der Waals surface area contributed by atoms with Crippen LogP contribution in [0.5, 0.6) is 0 Å². The fraction of sp³-hybridized carbons (Fsp3) is 0.429. The summed E-state index contributed by atoms with van der Waals surface area (Å²) in [5.74, 6) is 0. The molecule has 0 aromatic carbocycles. The van der Waals surface area contributed by atoms with Gasteiger partial charge in [0.1, 0.15) is 5.01 Å². The number of fused-ring (bicyclic) bond motifs is 1. The predicted octanol–water partition coefficient (Wildman–Crippen LogP) is 2.92. The van der Waals surface area contributed by atoms with Gasteiger partial charge in [-0.05, 0) is 56.8 Å². The van der Waals surface area contributed by atoms with Crippen molar-refractivity contribution >= 4 is 11.3 Å². The van der Waals surface area contributed by atoms with Crippen LogP contribution in [-0.4, -0.2) is 37.2 Å². The molecule has 1 aliphatic heterocycles. The molecule has 1 saturated heterocycles. The molecular weight excluding hydrogens is 370 g/mol. The molecular formula is C21H23N5OS. The highest BCUT2D eigenvalue weighted by Crippen LogP contribution is 2.30. The highest BCUT2D eigenvalue weighted by atomic mass is 32.1. The lowest BCUT2D eigenvalue weighted by molar-refractivity contribution is 0.216. The molecule has 7 heteroatoms. The van der Waals surface area contributed by atoms with Crippen LogP contribution in [0.4, 0.5) is 0 Å². The zero-order chi connectivity index (χ0) is 18.9. The monoisotopic (exact) mass is 393 g/mol. The van der Waals surface area contributed by atoms with E-state index in [2.05, 4.69) is 15.0 Å². The molecule has 0 radical (unpaired) electrons.